The second kappa shape index (κ2) is 10.2. The van der Waals surface area contributed by atoms with Crippen LogP contribution in [-0.4, -0.2) is 53.2 Å². The summed E-state index contributed by atoms with van der Waals surface area (Å²) < 4.78 is 10.8. The Hall–Kier alpha value is -2.05. The highest BCUT2D eigenvalue weighted by atomic mass is 35.5. The standard InChI is InChI=1S/C20H23ClO5/c1-14(15-2-6-19(7-3-15)25-12-17(23)10-21)16-4-8-20(9-5-16)26-13-18(24)11-22/h2-9,17-18,22-24H,1,10-13H2/t17-,18-/m1/s1. The highest BCUT2D eigenvalue weighted by molar-refractivity contribution is 6.18. The maximum Gasteiger partial charge on any atom is 0.119 e. The number of aliphatic hydroxyl groups excluding tert-OH is 3. The highest BCUT2D eigenvalue weighted by Gasteiger charge is 2.07. The molecule has 2 aromatic rings. The molecule has 2 atom stereocenters. The fourth-order valence-corrected chi connectivity index (χ4v) is 2.24. The maximum atomic E-state index is 9.41. The summed E-state index contributed by atoms with van der Waals surface area (Å²) in [6.45, 7) is 3.97. The van der Waals surface area contributed by atoms with E-state index < -0.39 is 12.2 Å². The van der Waals surface area contributed by atoms with Gasteiger partial charge in [0.2, 0.25) is 0 Å². The summed E-state index contributed by atoms with van der Waals surface area (Å²) in [5.41, 5.74) is 2.73. The molecule has 0 heterocycles. The molecule has 140 valence electrons. The first-order valence-corrected chi connectivity index (χ1v) is 8.75. The molecule has 0 saturated carbocycles. The predicted octanol–water partition coefficient (Wildman–Crippen LogP) is 2.46. The van der Waals surface area contributed by atoms with Crippen molar-refractivity contribution >= 4 is 17.2 Å². The van der Waals surface area contributed by atoms with Gasteiger partial charge in [0.25, 0.3) is 0 Å². The van der Waals surface area contributed by atoms with Crippen LogP contribution >= 0.6 is 11.6 Å². The van der Waals surface area contributed by atoms with Crippen molar-refractivity contribution in [3.8, 4) is 11.5 Å². The molecule has 2 rings (SSSR count). The van der Waals surface area contributed by atoms with Gasteiger partial charge in [-0.3, -0.25) is 0 Å². The second-order valence-corrected chi connectivity index (χ2v) is 6.10. The highest BCUT2D eigenvalue weighted by Crippen LogP contribution is 2.25. The summed E-state index contributed by atoms with van der Waals surface area (Å²) in [6, 6.07) is 14.8. The summed E-state index contributed by atoms with van der Waals surface area (Å²) in [5, 5.41) is 27.5. The van der Waals surface area contributed by atoms with Crippen molar-refractivity contribution in [2.24, 2.45) is 0 Å². The average molecular weight is 379 g/mol. The van der Waals surface area contributed by atoms with Crippen LogP contribution in [-0.2, 0) is 0 Å². The number of halogens is 1. The topological polar surface area (TPSA) is 79.2 Å². The van der Waals surface area contributed by atoms with Crippen LogP contribution in [0.1, 0.15) is 11.1 Å². The van der Waals surface area contributed by atoms with Crippen LogP contribution in [0.25, 0.3) is 5.57 Å². The molecule has 5 nitrogen and oxygen atoms in total. The molecular weight excluding hydrogens is 356 g/mol. The molecule has 26 heavy (non-hydrogen) atoms. The minimum absolute atomic E-state index is 0.0384. The van der Waals surface area contributed by atoms with Gasteiger partial charge >= 0.3 is 0 Å². The zero-order chi connectivity index (χ0) is 18.9. The first-order valence-electron chi connectivity index (χ1n) is 8.21. The SMILES string of the molecule is C=C(c1ccc(OC[C@H](O)CO)cc1)c1ccc(OC[C@H](O)CCl)cc1. The number of aliphatic hydroxyl groups is 3. The Morgan fingerprint density at radius 1 is 0.846 bits per heavy atom. The minimum atomic E-state index is -0.893. The van der Waals surface area contributed by atoms with Gasteiger partial charge in [-0.25, -0.2) is 0 Å². The van der Waals surface area contributed by atoms with Gasteiger partial charge in [0.1, 0.15) is 36.9 Å². The van der Waals surface area contributed by atoms with Gasteiger partial charge in [-0.1, -0.05) is 30.8 Å². The molecule has 6 heteroatoms. The molecule has 0 unspecified atom stereocenters. The van der Waals surface area contributed by atoms with Crippen LogP contribution in [0.15, 0.2) is 55.1 Å². The summed E-state index contributed by atoms with van der Waals surface area (Å²) >= 11 is 5.53. The molecule has 2 aromatic carbocycles. The molecule has 0 aromatic heterocycles. The second-order valence-electron chi connectivity index (χ2n) is 5.79. The summed E-state index contributed by atoms with van der Waals surface area (Å²) in [7, 11) is 0. The molecule has 0 amide bonds. The van der Waals surface area contributed by atoms with E-state index in [4.69, 9.17) is 26.2 Å². The zero-order valence-corrected chi connectivity index (χ0v) is 15.1. The van der Waals surface area contributed by atoms with Gasteiger partial charge < -0.3 is 24.8 Å². The van der Waals surface area contributed by atoms with Crippen LogP contribution in [0, 0.1) is 0 Å². The Balaban J connectivity index is 1.95. The van der Waals surface area contributed by atoms with E-state index >= 15 is 0 Å². The third-order valence-corrected chi connectivity index (χ3v) is 4.04. The zero-order valence-electron chi connectivity index (χ0n) is 14.3. The summed E-state index contributed by atoms with van der Waals surface area (Å²) in [4.78, 5) is 0. The lowest BCUT2D eigenvalue weighted by Gasteiger charge is -2.12. The quantitative estimate of drug-likeness (QED) is 0.553. The number of alkyl halides is 1. The smallest absolute Gasteiger partial charge is 0.119 e. The Kier molecular flexibility index (Phi) is 7.94. The third kappa shape index (κ3) is 6.04. The summed E-state index contributed by atoms with van der Waals surface area (Å²) in [5.74, 6) is 1.39. The van der Waals surface area contributed by atoms with Crippen LogP contribution < -0.4 is 9.47 Å². The van der Waals surface area contributed by atoms with Crippen molar-refractivity contribution in [1.29, 1.82) is 0 Å². The van der Waals surface area contributed by atoms with Gasteiger partial charge in [-0.15, -0.1) is 11.6 Å². The lowest BCUT2D eigenvalue weighted by molar-refractivity contribution is 0.0536. The fraction of sp³-hybridized carbons (Fsp3) is 0.300. The van der Waals surface area contributed by atoms with Crippen molar-refractivity contribution < 1.29 is 24.8 Å². The van der Waals surface area contributed by atoms with Crippen molar-refractivity contribution in [1.82, 2.24) is 0 Å². The van der Waals surface area contributed by atoms with E-state index in [1.165, 1.54) is 0 Å². The van der Waals surface area contributed by atoms with Gasteiger partial charge in [0.15, 0.2) is 0 Å². The Morgan fingerprint density at radius 3 is 1.65 bits per heavy atom. The summed E-state index contributed by atoms with van der Waals surface area (Å²) in [6.07, 6.45) is -1.58. The number of ether oxygens (including phenoxy) is 2. The minimum Gasteiger partial charge on any atom is -0.491 e. The monoisotopic (exact) mass is 378 g/mol. The third-order valence-electron chi connectivity index (χ3n) is 3.68. The largest absolute Gasteiger partial charge is 0.491 e. The van der Waals surface area contributed by atoms with Crippen molar-refractivity contribution in [2.75, 3.05) is 25.7 Å². The maximum absolute atomic E-state index is 9.41. The first-order chi connectivity index (χ1) is 12.5. The Labute approximate surface area is 158 Å². The van der Waals surface area contributed by atoms with Crippen LogP contribution in [0.2, 0.25) is 0 Å². The lowest BCUT2D eigenvalue weighted by Crippen LogP contribution is -2.21. The van der Waals surface area contributed by atoms with Crippen molar-refractivity contribution in [3.05, 3.63) is 66.2 Å². The number of benzene rings is 2. The van der Waals surface area contributed by atoms with E-state index in [9.17, 15) is 10.2 Å². The molecule has 0 bridgehead atoms. The number of hydrogen-bond donors (Lipinski definition) is 3. The molecular formula is C20H23ClO5. The van der Waals surface area contributed by atoms with Crippen LogP contribution in [0.4, 0.5) is 0 Å². The molecule has 0 radical (unpaired) electrons. The molecule has 3 N–H and O–H groups in total. The molecule has 0 fully saturated rings. The van der Waals surface area contributed by atoms with Gasteiger partial charge in [0.05, 0.1) is 12.5 Å². The van der Waals surface area contributed by atoms with E-state index in [2.05, 4.69) is 6.58 Å². The number of hydrogen-bond acceptors (Lipinski definition) is 5. The van der Waals surface area contributed by atoms with E-state index in [0.717, 1.165) is 16.7 Å². The van der Waals surface area contributed by atoms with E-state index in [1.807, 2.05) is 36.4 Å². The molecule has 0 spiro atoms. The Morgan fingerprint density at radius 2 is 1.27 bits per heavy atom. The first kappa shape index (κ1) is 20.3. The molecule has 0 aliphatic heterocycles. The molecule has 0 aliphatic rings. The van der Waals surface area contributed by atoms with Gasteiger partial charge in [-0.2, -0.15) is 0 Å². The molecule has 0 saturated heterocycles. The average Bonchev–Trinajstić information content (AvgIpc) is 2.70. The van der Waals surface area contributed by atoms with E-state index in [-0.39, 0.29) is 25.7 Å². The predicted molar refractivity (Wildman–Crippen MR) is 102 cm³/mol. The molecule has 0 aliphatic carbocycles. The number of rotatable bonds is 10. The van der Waals surface area contributed by atoms with Crippen LogP contribution in [0.3, 0.4) is 0 Å². The fourth-order valence-electron chi connectivity index (χ4n) is 2.15. The lowest BCUT2D eigenvalue weighted by atomic mass is 9.99. The van der Waals surface area contributed by atoms with Crippen molar-refractivity contribution in [2.45, 2.75) is 12.2 Å². The van der Waals surface area contributed by atoms with E-state index in [0.29, 0.717) is 11.5 Å². The van der Waals surface area contributed by atoms with Crippen molar-refractivity contribution in [3.63, 3.8) is 0 Å². The normalized spacial score (nSPS) is 13.1. The van der Waals surface area contributed by atoms with Gasteiger partial charge in [0, 0.05) is 0 Å². The Bertz CT molecular complexity index is 625. The van der Waals surface area contributed by atoms with E-state index in [1.54, 1.807) is 12.1 Å². The van der Waals surface area contributed by atoms with Gasteiger partial charge in [-0.05, 0) is 41.0 Å². The van der Waals surface area contributed by atoms with Crippen LogP contribution in [0.5, 0.6) is 11.5 Å².